The van der Waals surface area contributed by atoms with Crippen LogP contribution < -0.4 is 0 Å². The number of aromatic nitrogens is 3. The molecule has 6 aromatic carbocycles. The first-order chi connectivity index (χ1) is 24.3. The summed E-state index contributed by atoms with van der Waals surface area (Å²) in [6, 6.07) is 49.1. The number of para-hydroxylation sites is 1. The van der Waals surface area contributed by atoms with Crippen molar-refractivity contribution in [2.75, 3.05) is 0 Å². The second-order valence-electron chi connectivity index (χ2n) is 13.5. The highest BCUT2D eigenvalue weighted by molar-refractivity contribution is 6.11. The van der Waals surface area contributed by atoms with Crippen molar-refractivity contribution in [2.45, 2.75) is 37.5 Å². The van der Waals surface area contributed by atoms with Crippen molar-refractivity contribution in [2.24, 2.45) is 0 Å². The van der Waals surface area contributed by atoms with Crippen LogP contribution in [0.25, 0.3) is 78.4 Å². The van der Waals surface area contributed by atoms with Gasteiger partial charge in [0.1, 0.15) is 11.2 Å². The van der Waals surface area contributed by atoms with Crippen molar-refractivity contribution in [3.63, 3.8) is 0 Å². The summed E-state index contributed by atoms with van der Waals surface area (Å²) in [7, 11) is 0. The Kier molecular flexibility index (Phi) is 6.38. The zero-order valence-electron chi connectivity index (χ0n) is 27.1. The van der Waals surface area contributed by atoms with Crippen molar-refractivity contribution in [1.82, 2.24) is 15.0 Å². The van der Waals surface area contributed by atoms with E-state index >= 15 is 0 Å². The molecule has 0 aliphatic heterocycles. The average molecular weight is 632 g/mol. The zero-order chi connectivity index (χ0) is 32.4. The molecule has 0 N–H and O–H groups in total. The number of fused-ring (bicyclic) bond motifs is 8. The number of rotatable bonds is 4. The van der Waals surface area contributed by atoms with Gasteiger partial charge in [0, 0.05) is 38.4 Å². The molecular weight excluding hydrogens is 599 g/mol. The van der Waals surface area contributed by atoms with Gasteiger partial charge in [-0.15, -0.1) is 0 Å². The van der Waals surface area contributed by atoms with Gasteiger partial charge in [0.25, 0.3) is 0 Å². The Morgan fingerprint density at radius 1 is 0.449 bits per heavy atom. The largest absolute Gasteiger partial charge is 0.455 e. The van der Waals surface area contributed by atoms with Gasteiger partial charge < -0.3 is 4.42 Å². The van der Waals surface area contributed by atoms with Gasteiger partial charge >= 0.3 is 0 Å². The van der Waals surface area contributed by atoms with Crippen molar-refractivity contribution in [1.29, 1.82) is 0 Å². The van der Waals surface area contributed by atoms with Crippen LogP contribution in [0.5, 0.6) is 0 Å². The summed E-state index contributed by atoms with van der Waals surface area (Å²) in [5.74, 6) is 1.94. The van der Waals surface area contributed by atoms with Crippen LogP contribution in [0.3, 0.4) is 0 Å². The third kappa shape index (κ3) is 4.40. The lowest BCUT2D eigenvalue weighted by Gasteiger charge is -2.37. The molecule has 0 saturated heterocycles. The van der Waals surface area contributed by atoms with Gasteiger partial charge in [0.05, 0.1) is 0 Å². The fraction of sp³-hybridized carbons (Fsp3) is 0.133. The molecule has 2 aliphatic carbocycles. The lowest BCUT2D eigenvalue weighted by atomic mass is 9.66. The van der Waals surface area contributed by atoms with Crippen LogP contribution in [0.1, 0.15) is 43.2 Å². The molecule has 4 nitrogen and oxygen atoms in total. The highest BCUT2D eigenvalue weighted by Gasteiger charge is 2.45. The van der Waals surface area contributed by atoms with Crippen molar-refractivity contribution < 1.29 is 4.42 Å². The van der Waals surface area contributed by atoms with Crippen LogP contribution in [0.4, 0.5) is 0 Å². The fourth-order valence-corrected chi connectivity index (χ4v) is 8.55. The molecule has 10 rings (SSSR count). The Balaban J connectivity index is 1.15. The predicted octanol–water partition coefficient (Wildman–Crippen LogP) is 11.7. The van der Waals surface area contributed by atoms with Crippen molar-refractivity contribution in [3.05, 3.63) is 151 Å². The first kappa shape index (κ1) is 28.2. The van der Waals surface area contributed by atoms with E-state index in [0.29, 0.717) is 17.5 Å². The molecule has 49 heavy (non-hydrogen) atoms. The highest BCUT2D eigenvalue weighted by Crippen LogP contribution is 2.58. The van der Waals surface area contributed by atoms with Gasteiger partial charge in [0.15, 0.2) is 17.5 Å². The van der Waals surface area contributed by atoms with Gasteiger partial charge in [-0.25, -0.2) is 15.0 Å². The van der Waals surface area contributed by atoms with Crippen molar-refractivity contribution in [3.8, 4) is 56.4 Å². The SMILES string of the molecule is c1ccc(-c2nc(-c3ccccc3)nc(-c3ccc4oc5c(-c6cccc7c6C6(CCCCC6)c6ccccc6-7)cccc5c4c3)n2)cc1. The summed E-state index contributed by atoms with van der Waals surface area (Å²) >= 11 is 0. The summed E-state index contributed by atoms with van der Waals surface area (Å²) in [5, 5.41) is 2.15. The van der Waals surface area contributed by atoms with E-state index in [2.05, 4.69) is 78.9 Å². The number of benzene rings is 6. The maximum absolute atomic E-state index is 6.77. The molecule has 0 unspecified atom stereocenters. The number of furan rings is 1. The summed E-state index contributed by atoms with van der Waals surface area (Å²) in [6.45, 7) is 0. The topological polar surface area (TPSA) is 51.8 Å². The Morgan fingerprint density at radius 2 is 1.02 bits per heavy atom. The molecule has 2 heterocycles. The van der Waals surface area contributed by atoms with Gasteiger partial charge in [0.2, 0.25) is 0 Å². The van der Waals surface area contributed by atoms with E-state index in [0.717, 1.165) is 44.2 Å². The minimum atomic E-state index is 0.0493. The maximum Gasteiger partial charge on any atom is 0.164 e. The first-order valence-electron chi connectivity index (χ1n) is 17.3. The van der Waals surface area contributed by atoms with Crippen LogP contribution in [0, 0.1) is 0 Å². The minimum Gasteiger partial charge on any atom is -0.455 e. The second-order valence-corrected chi connectivity index (χ2v) is 13.5. The molecule has 1 fully saturated rings. The average Bonchev–Trinajstić information content (AvgIpc) is 3.69. The molecule has 4 heteroatoms. The summed E-state index contributed by atoms with van der Waals surface area (Å²) < 4.78 is 6.77. The number of hydrogen-bond acceptors (Lipinski definition) is 4. The molecular formula is C45H33N3O. The van der Waals surface area contributed by atoms with Gasteiger partial charge in [-0.3, -0.25) is 0 Å². The van der Waals surface area contributed by atoms with Crippen LogP contribution in [0.2, 0.25) is 0 Å². The molecule has 2 aliphatic rings. The molecule has 0 bridgehead atoms. The van der Waals surface area contributed by atoms with E-state index < -0.39 is 0 Å². The molecule has 0 radical (unpaired) electrons. The summed E-state index contributed by atoms with van der Waals surface area (Å²) in [6.07, 6.45) is 6.21. The molecule has 1 spiro atoms. The Bertz CT molecular complexity index is 2470. The summed E-state index contributed by atoms with van der Waals surface area (Å²) in [4.78, 5) is 14.9. The lowest BCUT2D eigenvalue weighted by Crippen LogP contribution is -2.28. The number of hydrogen-bond donors (Lipinski definition) is 0. The molecule has 0 atom stereocenters. The maximum atomic E-state index is 6.77. The van der Waals surface area contributed by atoms with E-state index in [4.69, 9.17) is 19.4 Å². The lowest BCUT2D eigenvalue weighted by molar-refractivity contribution is 0.353. The Hall–Kier alpha value is -5.87. The van der Waals surface area contributed by atoms with E-state index in [9.17, 15) is 0 Å². The molecule has 2 aromatic heterocycles. The van der Waals surface area contributed by atoms with E-state index in [-0.39, 0.29) is 5.41 Å². The van der Waals surface area contributed by atoms with Crippen molar-refractivity contribution >= 4 is 21.9 Å². The van der Waals surface area contributed by atoms with E-state index in [1.807, 2.05) is 60.7 Å². The van der Waals surface area contributed by atoms with Crippen LogP contribution >= 0.6 is 0 Å². The zero-order valence-corrected chi connectivity index (χ0v) is 27.1. The fourth-order valence-electron chi connectivity index (χ4n) is 8.55. The Labute approximate surface area is 285 Å². The van der Waals surface area contributed by atoms with Crippen LogP contribution in [-0.2, 0) is 5.41 Å². The van der Waals surface area contributed by atoms with Crippen LogP contribution in [0.15, 0.2) is 144 Å². The molecule has 0 amide bonds. The first-order valence-corrected chi connectivity index (χ1v) is 17.3. The van der Waals surface area contributed by atoms with E-state index in [1.165, 1.54) is 59.9 Å². The van der Waals surface area contributed by atoms with Gasteiger partial charge in [-0.1, -0.05) is 141 Å². The summed E-state index contributed by atoms with van der Waals surface area (Å²) in [5.41, 5.74) is 12.9. The van der Waals surface area contributed by atoms with E-state index in [1.54, 1.807) is 0 Å². The quantitative estimate of drug-likeness (QED) is 0.194. The van der Waals surface area contributed by atoms with Gasteiger partial charge in [-0.05, 0) is 58.9 Å². The molecule has 1 saturated carbocycles. The monoisotopic (exact) mass is 631 g/mol. The normalized spacial score (nSPS) is 14.7. The standard InChI is InChI=1S/C45H33N3O/c1-4-14-29(15-5-1)42-46-43(30-16-6-2-7-17-30)48-44(47-42)31-24-25-39-37(28-31)36-22-13-21-35(41(36)49-39)34-20-12-19-33-32-18-8-9-23-38(32)45(40(33)34)26-10-3-11-27-45/h1-2,4-9,12-25,28H,3,10-11,26-27H2. The third-order valence-electron chi connectivity index (χ3n) is 10.7. The highest BCUT2D eigenvalue weighted by atomic mass is 16.3. The van der Waals surface area contributed by atoms with Crippen LogP contribution in [-0.4, -0.2) is 15.0 Å². The number of nitrogens with zero attached hydrogens (tertiary/aromatic N) is 3. The smallest absolute Gasteiger partial charge is 0.164 e. The second kappa shape index (κ2) is 11.1. The third-order valence-corrected chi connectivity index (χ3v) is 10.7. The van der Waals surface area contributed by atoms with Gasteiger partial charge in [-0.2, -0.15) is 0 Å². The Morgan fingerprint density at radius 3 is 1.73 bits per heavy atom. The predicted molar refractivity (Wildman–Crippen MR) is 198 cm³/mol. The minimum absolute atomic E-state index is 0.0493. The molecule has 8 aromatic rings. The molecule has 234 valence electrons.